The van der Waals surface area contributed by atoms with Gasteiger partial charge in [-0.1, -0.05) is 86.6 Å². The number of nitrogens with zero attached hydrogens (tertiary/aromatic N) is 1. The fourth-order valence-corrected chi connectivity index (χ4v) is 3.96. The lowest BCUT2D eigenvalue weighted by molar-refractivity contribution is 0.335. The fraction of sp³-hybridized carbons (Fsp3) is 0.143. The van der Waals surface area contributed by atoms with Gasteiger partial charge in [-0.15, -0.1) is 0 Å². The molecular formula is C28H28ClNO. The molecule has 0 aliphatic carbocycles. The van der Waals surface area contributed by atoms with Crippen LogP contribution in [-0.4, -0.2) is 16.3 Å². The van der Waals surface area contributed by atoms with Crippen LogP contribution >= 0.6 is 11.6 Å². The Balaban J connectivity index is 0.00000132. The Hall–Kier alpha value is -3.07. The van der Waals surface area contributed by atoms with Crippen LogP contribution in [0.4, 0.5) is 0 Å². The van der Waals surface area contributed by atoms with E-state index in [1.165, 1.54) is 10.8 Å². The summed E-state index contributed by atoms with van der Waals surface area (Å²) in [5, 5.41) is 13.9. The molecule has 1 N–H and O–H groups in total. The Kier molecular flexibility index (Phi) is 7.51. The SMILES string of the molecule is C=C(/C=C(\C=C/C)CO)n1c(-c2cccc(Cl)c2)cc2c3ccccc3ccc21.CC. The van der Waals surface area contributed by atoms with E-state index in [1.807, 2.05) is 57.2 Å². The summed E-state index contributed by atoms with van der Waals surface area (Å²) < 4.78 is 2.13. The van der Waals surface area contributed by atoms with Crippen molar-refractivity contribution in [3.63, 3.8) is 0 Å². The van der Waals surface area contributed by atoms with Crippen molar-refractivity contribution in [1.29, 1.82) is 0 Å². The molecule has 3 heteroatoms. The molecular weight excluding hydrogens is 402 g/mol. The van der Waals surface area contributed by atoms with Gasteiger partial charge in [0.25, 0.3) is 0 Å². The Morgan fingerprint density at radius 2 is 1.77 bits per heavy atom. The third-order valence-electron chi connectivity index (χ3n) is 5.03. The van der Waals surface area contributed by atoms with Crippen molar-refractivity contribution in [3.8, 4) is 11.3 Å². The van der Waals surface area contributed by atoms with Crippen LogP contribution < -0.4 is 0 Å². The van der Waals surface area contributed by atoms with Gasteiger partial charge < -0.3 is 9.67 Å². The lowest BCUT2D eigenvalue weighted by Gasteiger charge is -2.13. The van der Waals surface area contributed by atoms with E-state index in [-0.39, 0.29) is 6.61 Å². The summed E-state index contributed by atoms with van der Waals surface area (Å²) in [6.45, 7) is 10.2. The molecule has 0 saturated carbocycles. The van der Waals surface area contributed by atoms with Crippen LogP contribution in [0.5, 0.6) is 0 Å². The maximum atomic E-state index is 9.69. The lowest BCUT2D eigenvalue weighted by atomic mass is 10.1. The third-order valence-corrected chi connectivity index (χ3v) is 5.27. The van der Waals surface area contributed by atoms with Gasteiger partial charge in [0.2, 0.25) is 0 Å². The first-order valence-corrected chi connectivity index (χ1v) is 10.9. The Labute approximate surface area is 189 Å². The van der Waals surface area contributed by atoms with Gasteiger partial charge in [0.1, 0.15) is 0 Å². The second kappa shape index (κ2) is 10.3. The normalized spacial score (nSPS) is 11.7. The summed E-state index contributed by atoms with van der Waals surface area (Å²) >= 11 is 6.28. The standard InChI is InChI=1S/C26H22ClNO.C2H6/c1-3-7-19(17-29)14-18(2)28-25-13-12-20-8-4-5-11-23(20)24(25)16-26(28)21-9-6-10-22(27)15-21;1-2/h3-16,29H,2,17H2,1H3;1-2H3/b7-3-,19-14+;. The molecule has 4 rings (SSSR count). The van der Waals surface area contributed by atoms with Crippen LogP contribution in [0.1, 0.15) is 20.8 Å². The predicted molar refractivity (Wildman–Crippen MR) is 137 cm³/mol. The molecule has 31 heavy (non-hydrogen) atoms. The second-order valence-electron chi connectivity index (χ2n) is 6.96. The van der Waals surface area contributed by atoms with Gasteiger partial charge in [-0.2, -0.15) is 0 Å². The van der Waals surface area contributed by atoms with Gasteiger partial charge in [0.15, 0.2) is 0 Å². The van der Waals surface area contributed by atoms with E-state index in [4.69, 9.17) is 11.6 Å². The van der Waals surface area contributed by atoms with Crippen molar-refractivity contribution in [1.82, 2.24) is 4.57 Å². The molecule has 0 radical (unpaired) electrons. The van der Waals surface area contributed by atoms with E-state index in [9.17, 15) is 5.11 Å². The van der Waals surface area contributed by atoms with Gasteiger partial charge in [0.05, 0.1) is 17.8 Å². The Morgan fingerprint density at radius 3 is 2.48 bits per heavy atom. The van der Waals surface area contributed by atoms with Gasteiger partial charge in [0, 0.05) is 21.7 Å². The highest BCUT2D eigenvalue weighted by molar-refractivity contribution is 6.30. The fourth-order valence-electron chi connectivity index (χ4n) is 3.77. The Morgan fingerprint density at radius 1 is 1.00 bits per heavy atom. The van der Waals surface area contributed by atoms with Gasteiger partial charge in [-0.3, -0.25) is 0 Å². The van der Waals surface area contributed by atoms with Crippen molar-refractivity contribution >= 4 is 39.0 Å². The smallest absolute Gasteiger partial charge is 0.0682 e. The maximum Gasteiger partial charge on any atom is 0.0682 e. The zero-order valence-electron chi connectivity index (χ0n) is 18.3. The van der Waals surface area contributed by atoms with Crippen molar-refractivity contribution in [3.05, 3.63) is 102 Å². The first-order chi connectivity index (χ1) is 15.1. The summed E-state index contributed by atoms with van der Waals surface area (Å²) in [4.78, 5) is 0. The number of aliphatic hydroxyl groups is 1. The highest BCUT2D eigenvalue weighted by Crippen LogP contribution is 2.36. The van der Waals surface area contributed by atoms with E-state index >= 15 is 0 Å². The van der Waals surface area contributed by atoms with E-state index in [0.717, 1.165) is 33.4 Å². The number of halogens is 1. The minimum Gasteiger partial charge on any atom is -0.392 e. The summed E-state index contributed by atoms with van der Waals surface area (Å²) in [5.74, 6) is 0. The number of aliphatic hydroxyl groups excluding tert-OH is 1. The summed E-state index contributed by atoms with van der Waals surface area (Å²) in [6.07, 6.45) is 5.72. The maximum absolute atomic E-state index is 9.69. The van der Waals surface area contributed by atoms with Gasteiger partial charge in [-0.05, 0) is 53.6 Å². The molecule has 0 fully saturated rings. The first kappa shape index (κ1) is 22.6. The molecule has 0 saturated heterocycles. The first-order valence-electron chi connectivity index (χ1n) is 10.5. The zero-order chi connectivity index (χ0) is 22.4. The molecule has 0 amide bonds. The highest BCUT2D eigenvalue weighted by atomic mass is 35.5. The quantitative estimate of drug-likeness (QED) is 0.318. The third kappa shape index (κ3) is 4.66. The van der Waals surface area contributed by atoms with Crippen molar-refractivity contribution in [2.75, 3.05) is 6.61 Å². The molecule has 0 unspecified atom stereocenters. The molecule has 2 nitrogen and oxygen atoms in total. The molecule has 158 valence electrons. The number of fused-ring (bicyclic) bond motifs is 3. The lowest BCUT2D eigenvalue weighted by Crippen LogP contribution is -1.98. The predicted octanol–water partition coefficient (Wildman–Crippen LogP) is 8.11. The average molecular weight is 430 g/mol. The van der Waals surface area contributed by atoms with Crippen LogP contribution in [0.2, 0.25) is 5.02 Å². The number of hydrogen-bond donors (Lipinski definition) is 1. The minimum atomic E-state index is -0.0437. The summed E-state index contributed by atoms with van der Waals surface area (Å²) in [7, 11) is 0. The monoisotopic (exact) mass is 429 g/mol. The van der Waals surface area contributed by atoms with E-state index < -0.39 is 0 Å². The molecule has 1 heterocycles. The van der Waals surface area contributed by atoms with Crippen LogP contribution in [0.3, 0.4) is 0 Å². The molecule has 4 aromatic rings. The van der Waals surface area contributed by atoms with Crippen LogP contribution in [0.25, 0.3) is 38.6 Å². The topological polar surface area (TPSA) is 25.2 Å². The van der Waals surface area contributed by atoms with Crippen LogP contribution in [0, 0.1) is 0 Å². The van der Waals surface area contributed by atoms with Crippen molar-refractivity contribution in [2.45, 2.75) is 20.8 Å². The molecule has 0 aliphatic rings. The Bertz CT molecular complexity index is 1280. The highest BCUT2D eigenvalue weighted by Gasteiger charge is 2.15. The number of benzene rings is 3. The zero-order valence-corrected chi connectivity index (χ0v) is 19.0. The number of aromatic nitrogens is 1. The summed E-state index contributed by atoms with van der Waals surface area (Å²) in [5.41, 5.74) is 4.68. The molecule has 1 aromatic heterocycles. The van der Waals surface area contributed by atoms with Crippen LogP contribution in [-0.2, 0) is 0 Å². The molecule has 0 spiro atoms. The number of allylic oxidation sites excluding steroid dienone is 3. The van der Waals surface area contributed by atoms with E-state index in [0.29, 0.717) is 5.02 Å². The number of rotatable bonds is 5. The largest absolute Gasteiger partial charge is 0.392 e. The molecule has 0 atom stereocenters. The van der Waals surface area contributed by atoms with Gasteiger partial charge in [-0.25, -0.2) is 0 Å². The average Bonchev–Trinajstić information content (AvgIpc) is 3.20. The van der Waals surface area contributed by atoms with Gasteiger partial charge >= 0.3 is 0 Å². The van der Waals surface area contributed by atoms with E-state index in [1.54, 1.807) is 0 Å². The molecule has 3 aromatic carbocycles. The van der Waals surface area contributed by atoms with Crippen molar-refractivity contribution in [2.24, 2.45) is 0 Å². The molecule has 0 aliphatic heterocycles. The minimum absolute atomic E-state index is 0.0437. The molecule has 0 bridgehead atoms. The summed E-state index contributed by atoms with van der Waals surface area (Å²) in [6, 6.07) is 22.7. The van der Waals surface area contributed by atoms with Crippen molar-refractivity contribution < 1.29 is 5.11 Å². The van der Waals surface area contributed by atoms with Crippen LogP contribution in [0.15, 0.2) is 97.1 Å². The van der Waals surface area contributed by atoms with E-state index in [2.05, 4.69) is 59.7 Å². The second-order valence-corrected chi connectivity index (χ2v) is 7.40. The number of hydrogen-bond acceptors (Lipinski definition) is 1.